The smallest absolute Gasteiger partial charge is 0.191 e. The Morgan fingerprint density at radius 1 is 1.48 bits per heavy atom. The number of fused-ring (bicyclic) bond motifs is 1. The van der Waals surface area contributed by atoms with Gasteiger partial charge in [0.15, 0.2) is 5.96 Å². The molecule has 0 fully saturated rings. The van der Waals surface area contributed by atoms with Crippen molar-refractivity contribution in [2.45, 2.75) is 45.8 Å². The van der Waals surface area contributed by atoms with Gasteiger partial charge in [0.1, 0.15) is 0 Å². The zero-order valence-corrected chi connectivity index (χ0v) is 15.6. The van der Waals surface area contributed by atoms with Crippen LogP contribution in [0.1, 0.15) is 31.2 Å². The molecule has 0 saturated carbocycles. The molecule has 0 aromatic carbocycles. The van der Waals surface area contributed by atoms with Gasteiger partial charge in [0, 0.05) is 43.7 Å². The number of guanidine groups is 1. The summed E-state index contributed by atoms with van der Waals surface area (Å²) in [6.07, 6.45) is 1.17. The van der Waals surface area contributed by atoms with Crippen LogP contribution in [0.15, 0.2) is 16.4 Å². The second kappa shape index (κ2) is 9.25. The first kappa shape index (κ1) is 18.2. The predicted molar refractivity (Wildman–Crippen MR) is 98.3 cm³/mol. The molecule has 2 atom stereocenters. The molecular weight excluding hydrogens is 308 g/mol. The summed E-state index contributed by atoms with van der Waals surface area (Å²) >= 11 is 1.89. The molecule has 2 rings (SSSR count). The van der Waals surface area contributed by atoms with E-state index in [-0.39, 0.29) is 6.04 Å². The molecule has 2 unspecified atom stereocenters. The Morgan fingerprint density at radius 2 is 2.30 bits per heavy atom. The third-order valence-corrected chi connectivity index (χ3v) is 5.14. The summed E-state index contributed by atoms with van der Waals surface area (Å²) < 4.78 is 5.18. The number of rotatable bonds is 7. The summed E-state index contributed by atoms with van der Waals surface area (Å²) in [5, 5.41) is 8.90. The lowest BCUT2D eigenvalue weighted by Crippen LogP contribution is -2.45. The molecular formula is C17H30N4OS. The minimum absolute atomic E-state index is 0.247. The van der Waals surface area contributed by atoms with E-state index in [0.29, 0.717) is 12.6 Å². The number of ether oxygens (including phenoxy) is 1. The van der Waals surface area contributed by atoms with Crippen molar-refractivity contribution >= 4 is 17.3 Å². The van der Waals surface area contributed by atoms with E-state index in [1.165, 1.54) is 12.0 Å². The van der Waals surface area contributed by atoms with Gasteiger partial charge in [-0.1, -0.05) is 0 Å². The Morgan fingerprint density at radius 3 is 3.04 bits per heavy atom. The van der Waals surface area contributed by atoms with Crippen LogP contribution in [0.4, 0.5) is 0 Å². The molecule has 130 valence electrons. The van der Waals surface area contributed by atoms with Crippen molar-refractivity contribution in [3.63, 3.8) is 0 Å². The van der Waals surface area contributed by atoms with Crippen LogP contribution in [0.2, 0.25) is 0 Å². The molecule has 1 aromatic heterocycles. The van der Waals surface area contributed by atoms with E-state index in [1.807, 2.05) is 11.3 Å². The molecule has 23 heavy (non-hydrogen) atoms. The van der Waals surface area contributed by atoms with E-state index in [2.05, 4.69) is 47.8 Å². The number of thiophene rings is 1. The maximum atomic E-state index is 5.18. The van der Waals surface area contributed by atoms with Crippen LogP contribution in [-0.2, 0) is 17.7 Å². The van der Waals surface area contributed by atoms with Crippen molar-refractivity contribution in [2.75, 3.05) is 33.4 Å². The summed E-state index contributed by atoms with van der Waals surface area (Å²) in [6, 6.07) is 2.95. The van der Waals surface area contributed by atoms with E-state index in [0.717, 1.165) is 32.1 Å². The zero-order chi connectivity index (χ0) is 16.7. The molecule has 6 heteroatoms. The second-order valence-electron chi connectivity index (χ2n) is 6.16. The molecule has 0 radical (unpaired) electrons. The molecule has 0 saturated heterocycles. The molecule has 0 aliphatic carbocycles. The summed E-state index contributed by atoms with van der Waals surface area (Å²) in [6.45, 7) is 11.0. The molecule has 2 N–H and O–H groups in total. The van der Waals surface area contributed by atoms with Gasteiger partial charge in [0.25, 0.3) is 0 Å². The fraction of sp³-hybridized carbons (Fsp3) is 0.706. The van der Waals surface area contributed by atoms with Crippen molar-refractivity contribution in [2.24, 2.45) is 4.99 Å². The van der Waals surface area contributed by atoms with Gasteiger partial charge in [-0.2, -0.15) is 0 Å². The van der Waals surface area contributed by atoms with E-state index in [4.69, 9.17) is 9.73 Å². The fourth-order valence-electron chi connectivity index (χ4n) is 2.83. The summed E-state index contributed by atoms with van der Waals surface area (Å²) in [7, 11) is 1.72. The summed E-state index contributed by atoms with van der Waals surface area (Å²) in [5.74, 6) is 0.872. The average molecular weight is 339 g/mol. The lowest BCUT2D eigenvalue weighted by atomic mass is 10.1. The quantitative estimate of drug-likeness (QED) is 0.590. The van der Waals surface area contributed by atoms with Crippen molar-refractivity contribution in [3.8, 4) is 0 Å². The minimum Gasteiger partial charge on any atom is -0.383 e. The van der Waals surface area contributed by atoms with Crippen molar-refractivity contribution in [3.05, 3.63) is 21.9 Å². The maximum absolute atomic E-state index is 5.18. The van der Waals surface area contributed by atoms with Gasteiger partial charge in [0.2, 0.25) is 0 Å². The number of hydrogen-bond donors (Lipinski definition) is 2. The number of nitrogens with one attached hydrogen (secondary N) is 2. The first-order valence-corrected chi connectivity index (χ1v) is 9.35. The highest BCUT2D eigenvalue weighted by Crippen LogP contribution is 2.25. The van der Waals surface area contributed by atoms with Crippen LogP contribution >= 0.6 is 11.3 Å². The predicted octanol–water partition coefficient (Wildman–Crippen LogP) is 2.08. The monoisotopic (exact) mass is 338 g/mol. The van der Waals surface area contributed by atoms with E-state index in [1.54, 1.807) is 12.0 Å². The molecule has 0 spiro atoms. The molecule has 2 heterocycles. The molecule has 1 aromatic rings. The Kier molecular flexibility index (Phi) is 7.33. The normalized spacial score (nSPS) is 18.3. The Labute approximate surface area is 144 Å². The van der Waals surface area contributed by atoms with E-state index >= 15 is 0 Å². The lowest BCUT2D eigenvalue weighted by Gasteiger charge is -2.31. The fourth-order valence-corrected chi connectivity index (χ4v) is 3.72. The second-order valence-corrected chi connectivity index (χ2v) is 7.16. The van der Waals surface area contributed by atoms with Gasteiger partial charge in [-0.3, -0.25) is 9.89 Å². The van der Waals surface area contributed by atoms with Gasteiger partial charge in [-0.05, 0) is 44.2 Å². The van der Waals surface area contributed by atoms with Gasteiger partial charge in [0.05, 0.1) is 13.2 Å². The third kappa shape index (κ3) is 5.48. The molecule has 1 aliphatic heterocycles. The SMILES string of the molecule is CCNC(=NCC(C)N1CCc2sccc2C1)NC(C)COC. The van der Waals surface area contributed by atoms with Crippen LogP contribution in [0.25, 0.3) is 0 Å². The number of methoxy groups -OCH3 is 1. The van der Waals surface area contributed by atoms with E-state index in [9.17, 15) is 0 Å². The molecule has 1 aliphatic rings. The number of nitrogens with zero attached hydrogens (tertiary/aromatic N) is 2. The number of hydrogen-bond acceptors (Lipinski definition) is 4. The van der Waals surface area contributed by atoms with Crippen LogP contribution < -0.4 is 10.6 Å². The van der Waals surface area contributed by atoms with Crippen LogP contribution in [0, 0.1) is 0 Å². The lowest BCUT2D eigenvalue weighted by molar-refractivity contribution is 0.178. The van der Waals surface area contributed by atoms with Crippen LogP contribution in [0.3, 0.4) is 0 Å². The molecule has 0 bridgehead atoms. The maximum Gasteiger partial charge on any atom is 0.191 e. The highest BCUT2D eigenvalue weighted by molar-refractivity contribution is 7.10. The van der Waals surface area contributed by atoms with E-state index < -0.39 is 0 Å². The van der Waals surface area contributed by atoms with Gasteiger partial charge in [-0.25, -0.2) is 0 Å². The first-order chi connectivity index (χ1) is 11.1. The van der Waals surface area contributed by atoms with Crippen LogP contribution in [0.5, 0.6) is 0 Å². The standard InChI is InChI=1S/C17H30N4OS/c1-5-18-17(20-13(2)12-22-4)19-10-14(3)21-8-6-16-15(11-21)7-9-23-16/h7,9,13-14H,5-6,8,10-12H2,1-4H3,(H2,18,19,20). The highest BCUT2D eigenvalue weighted by Gasteiger charge is 2.21. The average Bonchev–Trinajstić information content (AvgIpc) is 3.00. The van der Waals surface area contributed by atoms with Gasteiger partial charge >= 0.3 is 0 Å². The first-order valence-electron chi connectivity index (χ1n) is 8.47. The summed E-state index contributed by atoms with van der Waals surface area (Å²) in [4.78, 5) is 8.84. The molecule has 5 nitrogen and oxygen atoms in total. The minimum atomic E-state index is 0.247. The third-order valence-electron chi connectivity index (χ3n) is 4.12. The molecule has 0 amide bonds. The largest absolute Gasteiger partial charge is 0.383 e. The van der Waals surface area contributed by atoms with Gasteiger partial charge < -0.3 is 15.4 Å². The van der Waals surface area contributed by atoms with Crippen molar-refractivity contribution in [1.82, 2.24) is 15.5 Å². The Balaban J connectivity index is 1.88. The zero-order valence-electron chi connectivity index (χ0n) is 14.8. The Hall–Kier alpha value is -1.11. The summed E-state index contributed by atoms with van der Waals surface area (Å²) in [5.41, 5.74) is 1.50. The van der Waals surface area contributed by atoms with Crippen molar-refractivity contribution < 1.29 is 4.74 Å². The Bertz CT molecular complexity index is 503. The highest BCUT2D eigenvalue weighted by atomic mass is 32.1. The number of aliphatic imine (C=N–C) groups is 1. The van der Waals surface area contributed by atoms with Crippen molar-refractivity contribution in [1.29, 1.82) is 0 Å². The van der Waals surface area contributed by atoms with Crippen LogP contribution in [-0.4, -0.2) is 56.3 Å². The topological polar surface area (TPSA) is 48.9 Å². The van der Waals surface area contributed by atoms with Gasteiger partial charge in [-0.15, -0.1) is 11.3 Å².